The van der Waals surface area contributed by atoms with Gasteiger partial charge in [0.25, 0.3) is 10.0 Å². The number of benzene rings is 3. The number of anilines is 1. The first-order valence-electron chi connectivity index (χ1n) is 12.5. The number of sulfonamides is 1. The van der Waals surface area contributed by atoms with Crippen LogP contribution in [0.2, 0.25) is 0 Å². The molecule has 0 saturated carbocycles. The number of amides is 2. The van der Waals surface area contributed by atoms with E-state index in [1.165, 1.54) is 35.2 Å². The van der Waals surface area contributed by atoms with E-state index in [0.717, 1.165) is 21.5 Å². The summed E-state index contributed by atoms with van der Waals surface area (Å²) in [6, 6.07) is 19.4. The number of rotatable bonds is 11. The number of carbonyl (C=O) groups is 2. The van der Waals surface area contributed by atoms with Crippen molar-refractivity contribution in [2.24, 2.45) is 0 Å². The minimum absolute atomic E-state index is 0.0741. The highest BCUT2D eigenvalue weighted by molar-refractivity contribution is 7.92. The van der Waals surface area contributed by atoms with E-state index in [0.29, 0.717) is 6.42 Å². The minimum atomic E-state index is -4.31. The fraction of sp³-hybridized carbons (Fsp3) is 0.310. The van der Waals surface area contributed by atoms with Gasteiger partial charge in [-0.3, -0.25) is 13.9 Å². The van der Waals surface area contributed by atoms with Gasteiger partial charge in [-0.2, -0.15) is 0 Å². The van der Waals surface area contributed by atoms with E-state index >= 15 is 0 Å². The highest BCUT2D eigenvalue weighted by Gasteiger charge is 2.33. The largest absolute Gasteiger partial charge is 0.352 e. The molecule has 202 valence electrons. The minimum Gasteiger partial charge on any atom is -0.352 e. The summed E-state index contributed by atoms with van der Waals surface area (Å²) in [5.41, 5.74) is 1.56. The molecular weight excluding hydrogens is 505 g/mol. The van der Waals surface area contributed by atoms with Crippen LogP contribution in [0.3, 0.4) is 0 Å². The van der Waals surface area contributed by atoms with Crippen molar-refractivity contribution in [3.63, 3.8) is 0 Å². The summed E-state index contributed by atoms with van der Waals surface area (Å²) in [5.74, 6) is -1.78. The third-order valence-corrected chi connectivity index (χ3v) is 8.15. The molecule has 0 aromatic heterocycles. The van der Waals surface area contributed by atoms with E-state index in [9.17, 15) is 22.4 Å². The summed E-state index contributed by atoms with van der Waals surface area (Å²) in [7, 11) is -4.31. The Balaban J connectivity index is 2.02. The first-order chi connectivity index (χ1) is 18.0. The van der Waals surface area contributed by atoms with Crippen molar-refractivity contribution in [3.05, 3.63) is 95.8 Å². The molecule has 0 fully saturated rings. The zero-order valence-electron chi connectivity index (χ0n) is 22.1. The molecule has 0 unspecified atom stereocenters. The Labute approximate surface area is 224 Å². The average molecular weight is 540 g/mol. The molecule has 3 aromatic carbocycles. The molecule has 9 heteroatoms. The van der Waals surface area contributed by atoms with Crippen LogP contribution >= 0.6 is 0 Å². The first-order valence-corrected chi connectivity index (χ1v) is 14.0. The Kier molecular flexibility index (Phi) is 9.63. The van der Waals surface area contributed by atoms with Gasteiger partial charge in [-0.25, -0.2) is 12.8 Å². The van der Waals surface area contributed by atoms with Crippen LogP contribution in [0, 0.1) is 12.7 Å². The molecule has 0 radical (unpaired) electrons. The van der Waals surface area contributed by atoms with Gasteiger partial charge in [-0.15, -0.1) is 0 Å². The van der Waals surface area contributed by atoms with E-state index < -0.39 is 34.3 Å². The summed E-state index contributed by atoms with van der Waals surface area (Å²) in [4.78, 5) is 28.1. The number of halogens is 1. The molecule has 0 aliphatic rings. The predicted molar refractivity (Wildman–Crippen MR) is 146 cm³/mol. The predicted octanol–water partition coefficient (Wildman–Crippen LogP) is 4.66. The van der Waals surface area contributed by atoms with Gasteiger partial charge in [0.1, 0.15) is 18.4 Å². The maximum Gasteiger partial charge on any atom is 0.264 e. The SMILES string of the molecule is CC[C@H](C)NC(=O)[C@@H](C)N(Cc1ccc(C)cc1)C(=O)CN(c1ccccc1F)S(=O)(=O)c1ccccc1. The number of carbonyl (C=O) groups excluding carboxylic acids is 2. The fourth-order valence-corrected chi connectivity index (χ4v) is 5.27. The zero-order valence-corrected chi connectivity index (χ0v) is 22.9. The summed E-state index contributed by atoms with van der Waals surface area (Å²) < 4.78 is 42.9. The van der Waals surface area contributed by atoms with Crippen LogP contribution in [0.1, 0.15) is 38.3 Å². The van der Waals surface area contributed by atoms with Crippen molar-refractivity contribution in [1.82, 2.24) is 10.2 Å². The van der Waals surface area contributed by atoms with Gasteiger partial charge in [-0.05, 0) is 57.0 Å². The number of para-hydroxylation sites is 1. The van der Waals surface area contributed by atoms with Crippen LogP contribution in [-0.2, 0) is 26.2 Å². The third-order valence-electron chi connectivity index (χ3n) is 6.37. The molecule has 0 heterocycles. The zero-order chi connectivity index (χ0) is 27.9. The topological polar surface area (TPSA) is 86.8 Å². The Morgan fingerprint density at radius 3 is 2.13 bits per heavy atom. The van der Waals surface area contributed by atoms with Crippen molar-refractivity contribution in [2.45, 2.75) is 57.6 Å². The Hall–Kier alpha value is -3.72. The number of aryl methyl sites for hydroxylation is 1. The van der Waals surface area contributed by atoms with Crippen LogP contribution in [0.4, 0.5) is 10.1 Å². The quantitative estimate of drug-likeness (QED) is 0.384. The highest BCUT2D eigenvalue weighted by Crippen LogP contribution is 2.27. The lowest BCUT2D eigenvalue weighted by Gasteiger charge is -2.32. The van der Waals surface area contributed by atoms with Crippen LogP contribution in [0.15, 0.2) is 83.8 Å². The molecule has 0 saturated heterocycles. The average Bonchev–Trinajstić information content (AvgIpc) is 2.91. The molecule has 0 aliphatic heterocycles. The molecule has 7 nitrogen and oxygen atoms in total. The second-order valence-corrected chi connectivity index (χ2v) is 11.1. The van der Waals surface area contributed by atoms with Gasteiger partial charge in [0.2, 0.25) is 11.8 Å². The van der Waals surface area contributed by atoms with Gasteiger partial charge in [0.15, 0.2) is 0 Å². The van der Waals surface area contributed by atoms with Crippen LogP contribution in [0.25, 0.3) is 0 Å². The smallest absolute Gasteiger partial charge is 0.264 e. The summed E-state index contributed by atoms with van der Waals surface area (Å²) in [6.07, 6.45) is 0.709. The molecule has 0 bridgehead atoms. The molecule has 2 atom stereocenters. The molecule has 0 spiro atoms. The Morgan fingerprint density at radius 2 is 1.53 bits per heavy atom. The van der Waals surface area contributed by atoms with Crippen molar-refractivity contribution >= 4 is 27.5 Å². The van der Waals surface area contributed by atoms with E-state index in [2.05, 4.69) is 5.32 Å². The van der Waals surface area contributed by atoms with E-state index in [-0.39, 0.29) is 29.1 Å². The lowest BCUT2D eigenvalue weighted by atomic mass is 10.1. The van der Waals surface area contributed by atoms with E-state index in [1.54, 1.807) is 25.1 Å². The molecular formula is C29H34FN3O4S. The monoisotopic (exact) mass is 539 g/mol. The van der Waals surface area contributed by atoms with Gasteiger partial charge in [0, 0.05) is 12.6 Å². The van der Waals surface area contributed by atoms with Crippen LogP contribution in [0.5, 0.6) is 0 Å². The first kappa shape index (κ1) is 28.8. The van der Waals surface area contributed by atoms with Crippen molar-refractivity contribution in [1.29, 1.82) is 0 Å². The highest BCUT2D eigenvalue weighted by atomic mass is 32.2. The Bertz CT molecular complexity index is 1350. The number of nitrogens with zero attached hydrogens (tertiary/aromatic N) is 2. The molecule has 38 heavy (non-hydrogen) atoms. The fourth-order valence-electron chi connectivity index (χ4n) is 3.83. The summed E-state index contributed by atoms with van der Waals surface area (Å²) in [5, 5.41) is 2.89. The van der Waals surface area contributed by atoms with E-state index in [4.69, 9.17) is 0 Å². The maximum absolute atomic E-state index is 14.9. The van der Waals surface area contributed by atoms with Crippen LogP contribution < -0.4 is 9.62 Å². The second kappa shape index (κ2) is 12.7. The Morgan fingerprint density at radius 1 is 0.921 bits per heavy atom. The second-order valence-electron chi connectivity index (χ2n) is 9.28. The molecule has 1 N–H and O–H groups in total. The van der Waals surface area contributed by atoms with Gasteiger partial charge >= 0.3 is 0 Å². The van der Waals surface area contributed by atoms with E-state index in [1.807, 2.05) is 45.0 Å². The third kappa shape index (κ3) is 6.98. The number of hydrogen-bond acceptors (Lipinski definition) is 4. The van der Waals surface area contributed by atoms with Gasteiger partial charge < -0.3 is 10.2 Å². The molecule has 2 amide bonds. The maximum atomic E-state index is 14.9. The number of nitrogens with one attached hydrogen (secondary N) is 1. The normalized spacial score (nSPS) is 12.9. The van der Waals surface area contributed by atoms with Crippen molar-refractivity contribution in [2.75, 3.05) is 10.8 Å². The standard InChI is InChI=1S/C29H34FN3O4S/c1-5-22(3)31-29(35)23(4)32(19-24-17-15-21(2)16-18-24)28(34)20-33(27-14-10-9-13-26(27)30)38(36,37)25-11-7-6-8-12-25/h6-18,22-23H,5,19-20H2,1-4H3,(H,31,35)/t22-,23+/m0/s1. The summed E-state index contributed by atoms with van der Waals surface area (Å²) in [6.45, 7) is 6.73. The number of hydrogen-bond donors (Lipinski definition) is 1. The van der Waals surface area contributed by atoms with Crippen molar-refractivity contribution in [3.8, 4) is 0 Å². The molecule has 0 aliphatic carbocycles. The lowest BCUT2D eigenvalue weighted by Crippen LogP contribution is -2.52. The van der Waals surface area contributed by atoms with Gasteiger partial charge in [0.05, 0.1) is 10.6 Å². The van der Waals surface area contributed by atoms with Crippen molar-refractivity contribution < 1.29 is 22.4 Å². The van der Waals surface area contributed by atoms with Gasteiger partial charge in [-0.1, -0.05) is 67.1 Å². The summed E-state index contributed by atoms with van der Waals surface area (Å²) >= 11 is 0. The van der Waals surface area contributed by atoms with Crippen LogP contribution in [-0.4, -0.2) is 43.8 Å². The molecule has 3 aromatic rings. The lowest BCUT2D eigenvalue weighted by molar-refractivity contribution is -0.139. The molecule has 3 rings (SSSR count).